The van der Waals surface area contributed by atoms with Gasteiger partial charge in [-0.3, -0.25) is 0 Å². The molecule has 1 unspecified atom stereocenters. The smallest absolute Gasteiger partial charge is 0.226 e. The first-order valence-electron chi connectivity index (χ1n) is 8.40. The van der Waals surface area contributed by atoms with E-state index in [1.54, 1.807) is 13.4 Å². The molecule has 0 amide bonds. The van der Waals surface area contributed by atoms with Gasteiger partial charge in [-0.05, 0) is 53.5 Å². The van der Waals surface area contributed by atoms with E-state index in [1.165, 1.54) is 11.1 Å². The van der Waals surface area contributed by atoms with Gasteiger partial charge in [0.1, 0.15) is 18.1 Å². The highest BCUT2D eigenvalue weighted by Crippen LogP contribution is 2.32. The van der Waals surface area contributed by atoms with Gasteiger partial charge in [0.25, 0.3) is 0 Å². The number of methoxy groups -OCH3 is 1. The lowest BCUT2D eigenvalue weighted by molar-refractivity contribution is 0.415. The lowest BCUT2D eigenvalue weighted by Gasteiger charge is -2.24. The van der Waals surface area contributed by atoms with Crippen LogP contribution in [0.25, 0.3) is 5.70 Å². The minimum absolute atomic E-state index is 0.0155. The van der Waals surface area contributed by atoms with Gasteiger partial charge < -0.3 is 10.1 Å². The monoisotopic (exact) mass is 332 g/mol. The molecular formula is C20H20N4O. The zero-order valence-electron chi connectivity index (χ0n) is 14.3. The fraction of sp³-hybridized carbons (Fsp3) is 0.200. The van der Waals surface area contributed by atoms with Gasteiger partial charge in [-0.15, -0.1) is 0 Å². The SMILES string of the molecule is CCc1ccc(C2C=C(c3ccc(OC)cc3)Nc3ncnn32)cc1. The minimum Gasteiger partial charge on any atom is -0.497 e. The maximum absolute atomic E-state index is 5.25. The van der Waals surface area contributed by atoms with Crippen molar-refractivity contribution in [3.63, 3.8) is 0 Å². The van der Waals surface area contributed by atoms with E-state index >= 15 is 0 Å². The maximum Gasteiger partial charge on any atom is 0.226 e. The molecule has 2 heterocycles. The number of aryl methyl sites for hydroxylation is 1. The van der Waals surface area contributed by atoms with Crippen LogP contribution in [0.3, 0.4) is 0 Å². The van der Waals surface area contributed by atoms with E-state index < -0.39 is 0 Å². The Bertz CT molecular complexity index is 894. The van der Waals surface area contributed by atoms with Crippen LogP contribution in [0.2, 0.25) is 0 Å². The standard InChI is InChI=1S/C20H20N4O/c1-3-14-4-6-16(7-5-14)19-12-18(23-20-21-13-22-24(19)20)15-8-10-17(25-2)11-9-15/h4-13,19H,3H2,1-2H3,(H,21,22,23). The summed E-state index contributed by atoms with van der Waals surface area (Å²) in [5, 5.41) is 7.75. The summed E-state index contributed by atoms with van der Waals surface area (Å²) in [7, 11) is 1.67. The highest BCUT2D eigenvalue weighted by Gasteiger charge is 2.23. The Balaban J connectivity index is 1.74. The number of aromatic nitrogens is 3. The van der Waals surface area contributed by atoms with Gasteiger partial charge in [0.2, 0.25) is 5.95 Å². The van der Waals surface area contributed by atoms with Crippen molar-refractivity contribution in [2.45, 2.75) is 19.4 Å². The van der Waals surface area contributed by atoms with Crippen LogP contribution in [0.5, 0.6) is 5.75 Å². The number of ether oxygens (including phenoxy) is 1. The van der Waals surface area contributed by atoms with Crippen LogP contribution in [0.1, 0.15) is 29.7 Å². The summed E-state index contributed by atoms with van der Waals surface area (Å²) < 4.78 is 7.16. The Morgan fingerprint density at radius 3 is 2.52 bits per heavy atom. The molecule has 1 N–H and O–H groups in total. The molecule has 0 saturated carbocycles. The molecule has 0 spiro atoms. The summed E-state index contributed by atoms with van der Waals surface area (Å²) in [6.07, 6.45) is 4.80. The van der Waals surface area contributed by atoms with Gasteiger partial charge in [-0.2, -0.15) is 10.1 Å². The van der Waals surface area contributed by atoms with Crippen molar-refractivity contribution in [1.29, 1.82) is 0 Å². The molecule has 0 bridgehead atoms. The fourth-order valence-electron chi connectivity index (χ4n) is 3.06. The highest BCUT2D eigenvalue weighted by molar-refractivity contribution is 5.77. The molecule has 1 atom stereocenters. The number of anilines is 1. The predicted octanol–water partition coefficient (Wildman–Crippen LogP) is 3.91. The van der Waals surface area contributed by atoms with E-state index in [4.69, 9.17) is 4.74 Å². The van der Waals surface area contributed by atoms with E-state index in [1.807, 2.05) is 28.9 Å². The zero-order valence-corrected chi connectivity index (χ0v) is 14.3. The molecule has 1 aromatic heterocycles. The average molecular weight is 332 g/mol. The number of hydrogen-bond acceptors (Lipinski definition) is 4. The third-order valence-corrected chi connectivity index (χ3v) is 4.54. The first kappa shape index (κ1) is 15.4. The van der Waals surface area contributed by atoms with Crippen LogP contribution in [-0.2, 0) is 6.42 Å². The Morgan fingerprint density at radius 2 is 1.84 bits per heavy atom. The van der Waals surface area contributed by atoms with Crippen molar-refractivity contribution in [3.05, 3.63) is 77.6 Å². The molecule has 0 fully saturated rings. The van der Waals surface area contributed by atoms with Crippen LogP contribution in [0.4, 0.5) is 5.95 Å². The quantitative estimate of drug-likeness (QED) is 0.787. The lowest BCUT2D eigenvalue weighted by Crippen LogP contribution is -2.20. The summed E-state index contributed by atoms with van der Waals surface area (Å²) in [4.78, 5) is 4.35. The normalized spacial score (nSPS) is 15.9. The molecule has 0 saturated heterocycles. The molecule has 0 aliphatic carbocycles. The third-order valence-electron chi connectivity index (χ3n) is 4.54. The van der Waals surface area contributed by atoms with Gasteiger partial charge in [0, 0.05) is 5.70 Å². The van der Waals surface area contributed by atoms with E-state index in [9.17, 15) is 0 Å². The second-order valence-corrected chi connectivity index (χ2v) is 6.00. The average Bonchev–Trinajstić information content (AvgIpc) is 3.16. The molecule has 5 nitrogen and oxygen atoms in total. The van der Waals surface area contributed by atoms with Crippen molar-refractivity contribution < 1.29 is 4.74 Å². The third kappa shape index (κ3) is 2.89. The molecule has 25 heavy (non-hydrogen) atoms. The molecule has 0 radical (unpaired) electrons. The number of nitrogens with zero attached hydrogens (tertiary/aromatic N) is 3. The van der Waals surface area contributed by atoms with Crippen LogP contribution >= 0.6 is 0 Å². The summed E-state index contributed by atoms with van der Waals surface area (Å²) in [5.41, 5.74) is 4.63. The Labute approximate surface area is 147 Å². The van der Waals surface area contributed by atoms with Crippen LogP contribution in [-0.4, -0.2) is 21.9 Å². The Hall–Kier alpha value is -3.08. The second-order valence-electron chi connectivity index (χ2n) is 6.00. The van der Waals surface area contributed by atoms with Crippen LogP contribution in [0.15, 0.2) is 60.9 Å². The lowest BCUT2D eigenvalue weighted by atomic mass is 10.00. The Morgan fingerprint density at radius 1 is 1.08 bits per heavy atom. The first-order chi connectivity index (χ1) is 12.3. The van der Waals surface area contributed by atoms with Crippen molar-refractivity contribution in [2.75, 3.05) is 12.4 Å². The number of nitrogens with one attached hydrogen (secondary N) is 1. The van der Waals surface area contributed by atoms with E-state index in [-0.39, 0.29) is 6.04 Å². The molecule has 3 aromatic rings. The molecule has 126 valence electrons. The summed E-state index contributed by atoms with van der Waals surface area (Å²) in [6.45, 7) is 2.16. The molecule has 2 aromatic carbocycles. The first-order valence-corrected chi connectivity index (χ1v) is 8.40. The summed E-state index contributed by atoms with van der Waals surface area (Å²) in [6, 6.07) is 16.7. The maximum atomic E-state index is 5.25. The molecule has 4 rings (SSSR count). The number of fused-ring (bicyclic) bond motifs is 1. The van der Waals surface area contributed by atoms with Crippen molar-refractivity contribution in [2.24, 2.45) is 0 Å². The number of hydrogen-bond donors (Lipinski definition) is 1. The van der Waals surface area contributed by atoms with E-state index in [0.29, 0.717) is 0 Å². The van der Waals surface area contributed by atoms with Gasteiger partial charge in [-0.1, -0.05) is 31.2 Å². The number of benzene rings is 2. The van der Waals surface area contributed by atoms with Gasteiger partial charge in [-0.25, -0.2) is 4.68 Å². The topological polar surface area (TPSA) is 52.0 Å². The fourth-order valence-corrected chi connectivity index (χ4v) is 3.06. The zero-order chi connectivity index (χ0) is 17.2. The summed E-state index contributed by atoms with van der Waals surface area (Å²) in [5.74, 6) is 1.59. The minimum atomic E-state index is 0.0155. The highest BCUT2D eigenvalue weighted by atomic mass is 16.5. The van der Waals surface area contributed by atoms with Crippen molar-refractivity contribution in [3.8, 4) is 5.75 Å². The molecular weight excluding hydrogens is 312 g/mol. The second kappa shape index (κ2) is 6.43. The van der Waals surface area contributed by atoms with Gasteiger partial charge in [0.05, 0.1) is 7.11 Å². The molecule has 1 aliphatic rings. The van der Waals surface area contributed by atoms with Gasteiger partial charge >= 0.3 is 0 Å². The van der Waals surface area contributed by atoms with Crippen LogP contribution in [0, 0.1) is 0 Å². The predicted molar refractivity (Wildman–Crippen MR) is 98.6 cm³/mol. The Kier molecular flexibility index (Phi) is 3.98. The largest absolute Gasteiger partial charge is 0.497 e. The van der Waals surface area contributed by atoms with E-state index in [2.05, 4.69) is 52.7 Å². The van der Waals surface area contributed by atoms with Crippen molar-refractivity contribution >= 4 is 11.6 Å². The molecule has 1 aliphatic heterocycles. The van der Waals surface area contributed by atoms with E-state index in [0.717, 1.165) is 29.4 Å². The molecule has 5 heteroatoms. The summed E-state index contributed by atoms with van der Waals surface area (Å²) >= 11 is 0. The van der Waals surface area contributed by atoms with Crippen LogP contribution < -0.4 is 10.1 Å². The number of allylic oxidation sites excluding steroid dienone is 1. The van der Waals surface area contributed by atoms with Gasteiger partial charge in [0.15, 0.2) is 0 Å². The van der Waals surface area contributed by atoms with Crippen molar-refractivity contribution in [1.82, 2.24) is 14.8 Å². The number of rotatable bonds is 4.